The molecular weight excluding hydrogens is 421 g/mol. The van der Waals surface area contributed by atoms with Crippen LogP contribution < -0.4 is 92.4 Å². The summed E-state index contributed by atoms with van der Waals surface area (Å²) < 4.78 is 36.4. The minimum Gasteiger partial charge on any atom is -0.780 e. The van der Waals surface area contributed by atoms with Crippen molar-refractivity contribution in [3.05, 3.63) is 41.5 Å². The average Bonchev–Trinajstić information content (AvgIpc) is 2.64. The Balaban J connectivity index is 0.00000392. The monoisotopic (exact) mass is 440 g/mol. The Kier molecular flexibility index (Phi) is 12.6. The van der Waals surface area contributed by atoms with E-state index in [1.807, 2.05) is 0 Å². The minimum atomic E-state index is -5.22. The maximum absolute atomic E-state index is 11.0. The minimum absolute atomic E-state index is 0. The largest absolute Gasteiger partial charge is 1.00 e. The molecular formula is C18H19Na2O8P. The van der Waals surface area contributed by atoms with Gasteiger partial charge in [-0.1, -0.05) is 12.2 Å². The van der Waals surface area contributed by atoms with E-state index in [1.54, 1.807) is 36.4 Å². The van der Waals surface area contributed by atoms with Crippen LogP contribution >= 0.6 is 7.82 Å². The van der Waals surface area contributed by atoms with Gasteiger partial charge in [0, 0.05) is 11.6 Å². The first-order chi connectivity index (χ1) is 12.8. The molecule has 0 saturated heterocycles. The van der Waals surface area contributed by atoms with Crippen molar-refractivity contribution in [1.29, 1.82) is 0 Å². The van der Waals surface area contributed by atoms with Crippen molar-refractivity contribution in [1.82, 2.24) is 0 Å². The molecule has 29 heavy (non-hydrogen) atoms. The van der Waals surface area contributed by atoms with Crippen LogP contribution in [0.15, 0.2) is 30.3 Å². The number of phosphoric ester groups is 1. The second-order valence-corrected chi connectivity index (χ2v) is 6.31. The van der Waals surface area contributed by atoms with Crippen LogP contribution in [0.4, 0.5) is 0 Å². The summed E-state index contributed by atoms with van der Waals surface area (Å²) >= 11 is 0. The van der Waals surface area contributed by atoms with Gasteiger partial charge < -0.3 is 37.8 Å². The van der Waals surface area contributed by atoms with Gasteiger partial charge in [0.15, 0.2) is 11.5 Å². The van der Waals surface area contributed by atoms with E-state index in [1.165, 1.54) is 34.5 Å². The first-order valence-corrected chi connectivity index (χ1v) is 9.15. The summed E-state index contributed by atoms with van der Waals surface area (Å²) in [5, 5.41) is 0. The number of benzene rings is 2. The predicted octanol–water partition coefficient (Wildman–Crippen LogP) is -3.89. The first kappa shape index (κ1) is 28.3. The summed E-state index contributed by atoms with van der Waals surface area (Å²) in [5.41, 5.74) is 1.06. The molecule has 0 aliphatic rings. The van der Waals surface area contributed by atoms with Crippen molar-refractivity contribution in [2.24, 2.45) is 0 Å². The summed E-state index contributed by atoms with van der Waals surface area (Å²) in [5.74, 6) is 1.59. The zero-order valence-electron chi connectivity index (χ0n) is 17.3. The summed E-state index contributed by atoms with van der Waals surface area (Å²) in [4.78, 5) is 22.0. The van der Waals surface area contributed by atoms with Crippen LogP contribution in [-0.2, 0) is 4.57 Å². The average molecular weight is 440 g/mol. The van der Waals surface area contributed by atoms with E-state index in [0.717, 1.165) is 0 Å². The van der Waals surface area contributed by atoms with E-state index < -0.39 is 7.82 Å². The van der Waals surface area contributed by atoms with Gasteiger partial charge in [0.05, 0.1) is 28.4 Å². The van der Waals surface area contributed by atoms with Crippen LogP contribution in [0.3, 0.4) is 0 Å². The van der Waals surface area contributed by atoms with Gasteiger partial charge in [0.1, 0.15) is 19.3 Å². The molecule has 0 bridgehead atoms. The number of ether oxygens (including phenoxy) is 4. The Bertz CT molecular complexity index is 857. The van der Waals surface area contributed by atoms with Crippen LogP contribution in [-0.4, -0.2) is 28.4 Å². The van der Waals surface area contributed by atoms with E-state index in [-0.39, 0.29) is 64.9 Å². The summed E-state index contributed by atoms with van der Waals surface area (Å²) in [6, 6.07) is 7.93. The SMILES string of the molecule is COc1ccc(/C=C\c2cc(OC)c(OC)c(OC)c2)c(OP(=O)([O-])[O-])c1.[Na+].[Na+]. The fourth-order valence-corrected chi connectivity index (χ4v) is 2.76. The molecule has 0 unspecified atom stereocenters. The molecule has 2 rings (SSSR count). The van der Waals surface area contributed by atoms with Crippen molar-refractivity contribution >= 4 is 20.0 Å². The summed E-state index contributed by atoms with van der Waals surface area (Å²) in [7, 11) is 0.694. The molecule has 8 nitrogen and oxygen atoms in total. The molecule has 0 N–H and O–H groups in total. The summed E-state index contributed by atoms with van der Waals surface area (Å²) in [6.45, 7) is 0. The molecule has 0 amide bonds. The Morgan fingerprint density at radius 3 is 1.83 bits per heavy atom. The molecule has 2 aromatic rings. The zero-order valence-corrected chi connectivity index (χ0v) is 22.1. The normalized spacial score (nSPS) is 10.6. The van der Waals surface area contributed by atoms with E-state index in [9.17, 15) is 14.4 Å². The number of phosphoric acid groups is 1. The van der Waals surface area contributed by atoms with E-state index >= 15 is 0 Å². The van der Waals surface area contributed by atoms with E-state index in [4.69, 9.17) is 18.9 Å². The smallest absolute Gasteiger partial charge is 0.780 e. The fourth-order valence-electron chi connectivity index (χ4n) is 2.36. The van der Waals surface area contributed by atoms with Crippen LogP contribution in [0.2, 0.25) is 0 Å². The Morgan fingerprint density at radius 1 is 0.793 bits per heavy atom. The molecule has 0 aliphatic carbocycles. The second kappa shape index (κ2) is 12.9. The van der Waals surface area contributed by atoms with Crippen LogP contribution in [0.25, 0.3) is 12.2 Å². The van der Waals surface area contributed by atoms with Crippen molar-refractivity contribution in [2.45, 2.75) is 0 Å². The van der Waals surface area contributed by atoms with Crippen LogP contribution in [0.1, 0.15) is 11.1 Å². The standard InChI is InChI=1S/C18H21O8P.2Na/c1-22-14-8-7-13(15(11-14)26-27(19,20)21)6-5-12-9-16(23-2)18(25-4)17(10-12)24-3;;/h5-11H,1-4H3,(H2,19,20,21);;/q;2*+1/p-2/b6-5-;;. The Morgan fingerprint density at radius 2 is 1.38 bits per heavy atom. The van der Waals surface area contributed by atoms with Gasteiger partial charge >= 0.3 is 59.1 Å². The molecule has 146 valence electrons. The number of hydrogen-bond donors (Lipinski definition) is 0. The van der Waals surface area contributed by atoms with E-state index in [0.29, 0.717) is 34.1 Å². The van der Waals surface area contributed by atoms with Crippen molar-refractivity contribution in [3.63, 3.8) is 0 Å². The molecule has 0 fully saturated rings. The third-order valence-corrected chi connectivity index (χ3v) is 3.99. The maximum Gasteiger partial charge on any atom is 1.00 e. The molecule has 0 aromatic heterocycles. The van der Waals surface area contributed by atoms with Crippen molar-refractivity contribution in [3.8, 4) is 28.7 Å². The second-order valence-electron chi connectivity index (χ2n) is 5.23. The molecule has 2 aromatic carbocycles. The Labute approximate surface area is 214 Å². The molecule has 0 heterocycles. The number of methoxy groups -OCH3 is 4. The van der Waals surface area contributed by atoms with Crippen molar-refractivity contribution in [2.75, 3.05) is 28.4 Å². The first-order valence-electron chi connectivity index (χ1n) is 7.69. The van der Waals surface area contributed by atoms with Crippen molar-refractivity contribution < 1.29 is 96.9 Å². The molecule has 0 radical (unpaired) electrons. The quantitative estimate of drug-likeness (QED) is 0.233. The zero-order chi connectivity index (χ0) is 20.0. The van der Waals surface area contributed by atoms with Gasteiger partial charge in [-0.2, -0.15) is 0 Å². The molecule has 0 atom stereocenters. The van der Waals surface area contributed by atoms with Gasteiger partial charge in [-0.3, -0.25) is 0 Å². The third kappa shape index (κ3) is 8.17. The van der Waals surface area contributed by atoms with Crippen LogP contribution in [0.5, 0.6) is 28.7 Å². The number of rotatable bonds is 8. The number of hydrogen-bond acceptors (Lipinski definition) is 8. The Hall–Kier alpha value is -0.670. The molecule has 0 aliphatic heterocycles. The maximum atomic E-state index is 11.0. The topological polar surface area (TPSA) is 109 Å². The molecule has 0 saturated carbocycles. The summed E-state index contributed by atoms with van der Waals surface area (Å²) in [6.07, 6.45) is 3.27. The third-order valence-electron chi connectivity index (χ3n) is 3.57. The molecule has 0 spiro atoms. The van der Waals surface area contributed by atoms with E-state index in [2.05, 4.69) is 4.52 Å². The fraction of sp³-hybridized carbons (Fsp3) is 0.222. The molecule has 11 heteroatoms. The predicted molar refractivity (Wildman–Crippen MR) is 96.3 cm³/mol. The van der Waals surface area contributed by atoms with Gasteiger partial charge in [0.2, 0.25) is 5.75 Å². The van der Waals surface area contributed by atoms with Gasteiger partial charge in [0.25, 0.3) is 0 Å². The van der Waals surface area contributed by atoms with Gasteiger partial charge in [-0.05, 0) is 29.8 Å². The van der Waals surface area contributed by atoms with Gasteiger partial charge in [-0.15, -0.1) is 0 Å². The van der Waals surface area contributed by atoms with Crippen LogP contribution in [0, 0.1) is 0 Å². The van der Waals surface area contributed by atoms with Gasteiger partial charge in [-0.25, -0.2) is 0 Å².